The lowest BCUT2D eigenvalue weighted by Gasteiger charge is -2.47. The fourth-order valence-corrected chi connectivity index (χ4v) is 6.21. The van der Waals surface area contributed by atoms with E-state index < -0.39 is 53.5 Å². The Morgan fingerprint density at radius 3 is 2.54 bits per heavy atom. The van der Waals surface area contributed by atoms with Crippen molar-refractivity contribution in [2.24, 2.45) is 0 Å². The van der Waals surface area contributed by atoms with Gasteiger partial charge in [-0.1, -0.05) is 47.3 Å². The van der Waals surface area contributed by atoms with Crippen LogP contribution >= 0.6 is 27.7 Å². The maximum atomic E-state index is 13.9. The van der Waals surface area contributed by atoms with Gasteiger partial charge >= 0.3 is 0 Å². The number of aliphatic hydroxyl groups excluding tert-OH is 1. The molecule has 8 nitrogen and oxygen atoms in total. The Labute approximate surface area is 233 Å². The average molecular weight is 621 g/mol. The fraction of sp³-hybridized carbons (Fsp3) is 0.269. The number of benzene rings is 2. The highest BCUT2D eigenvalue weighted by molar-refractivity contribution is 9.10. The topological polar surface area (TPSA) is 91.5 Å². The second-order valence-corrected chi connectivity index (χ2v) is 11.1. The Bertz CT molecular complexity index is 1460. The summed E-state index contributed by atoms with van der Waals surface area (Å²) in [6.07, 6.45) is 1.56. The number of rotatable bonds is 5. The van der Waals surface area contributed by atoms with Crippen molar-refractivity contribution in [3.63, 3.8) is 0 Å². The van der Waals surface area contributed by atoms with Gasteiger partial charge in [0, 0.05) is 32.9 Å². The molecule has 0 radical (unpaired) electrons. The van der Waals surface area contributed by atoms with Crippen LogP contribution in [0.4, 0.5) is 13.2 Å². The third kappa shape index (κ3) is 5.34. The summed E-state index contributed by atoms with van der Waals surface area (Å²) < 4.78 is 61.9. The molecule has 0 bridgehead atoms. The largest absolute Gasteiger partial charge is 0.387 e. The number of halogens is 4. The molecule has 0 saturated carbocycles. The molecule has 2 fully saturated rings. The molecule has 0 amide bonds. The van der Waals surface area contributed by atoms with Crippen molar-refractivity contribution in [1.82, 2.24) is 20.0 Å². The smallest absolute Gasteiger partial charge is 0.194 e. The summed E-state index contributed by atoms with van der Waals surface area (Å²) in [7, 11) is 0. The van der Waals surface area contributed by atoms with E-state index >= 15 is 0 Å². The highest BCUT2D eigenvalue weighted by Gasteiger charge is 2.51. The summed E-state index contributed by atoms with van der Waals surface area (Å²) in [5.74, 6) is -4.26. The van der Waals surface area contributed by atoms with E-state index in [0.29, 0.717) is 0 Å². The van der Waals surface area contributed by atoms with E-state index in [-0.39, 0.29) is 17.9 Å². The summed E-state index contributed by atoms with van der Waals surface area (Å²) in [6, 6.07) is 12.0. The Morgan fingerprint density at radius 2 is 1.79 bits per heavy atom. The zero-order valence-electron chi connectivity index (χ0n) is 19.9. The van der Waals surface area contributed by atoms with E-state index in [2.05, 4.69) is 31.2 Å². The van der Waals surface area contributed by atoms with E-state index in [1.807, 2.05) is 36.4 Å². The van der Waals surface area contributed by atoms with Crippen molar-refractivity contribution in [1.29, 1.82) is 0 Å². The van der Waals surface area contributed by atoms with Gasteiger partial charge in [0.25, 0.3) is 0 Å². The SMILES string of the molecule is O[C@@H]1[C@@H](n2cc(-c3cc(F)c(F)c(F)c3)nn2)[C@H]2OC(c3ccccc3)OC[C@H]2O[C@@H]1Sc1cncc(Br)c1. The second kappa shape index (κ2) is 11.0. The average Bonchev–Trinajstić information content (AvgIpc) is 3.42. The van der Waals surface area contributed by atoms with E-state index in [1.165, 1.54) is 22.6 Å². The number of fused-ring (bicyclic) bond motifs is 1. The molecule has 4 heterocycles. The number of aromatic nitrogens is 4. The summed E-state index contributed by atoms with van der Waals surface area (Å²) >= 11 is 4.66. The van der Waals surface area contributed by atoms with Gasteiger partial charge in [-0.25, -0.2) is 17.9 Å². The van der Waals surface area contributed by atoms with E-state index in [4.69, 9.17) is 14.2 Å². The highest BCUT2D eigenvalue weighted by Crippen LogP contribution is 2.43. The molecule has 13 heteroatoms. The van der Waals surface area contributed by atoms with Crippen molar-refractivity contribution < 1.29 is 32.5 Å². The summed E-state index contributed by atoms with van der Waals surface area (Å²) in [4.78, 5) is 4.92. The molecule has 1 unspecified atom stereocenters. The van der Waals surface area contributed by atoms with Gasteiger partial charge in [-0.15, -0.1) is 5.10 Å². The Balaban J connectivity index is 1.34. The van der Waals surface area contributed by atoms with Crippen LogP contribution in [0.3, 0.4) is 0 Å². The molecule has 2 saturated heterocycles. The van der Waals surface area contributed by atoms with Crippen LogP contribution in [-0.2, 0) is 14.2 Å². The van der Waals surface area contributed by atoms with Gasteiger partial charge in [0.15, 0.2) is 23.7 Å². The lowest BCUT2D eigenvalue weighted by Crippen LogP contribution is -2.58. The van der Waals surface area contributed by atoms with Gasteiger partial charge in [0.2, 0.25) is 0 Å². The van der Waals surface area contributed by atoms with Crippen molar-refractivity contribution in [3.05, 3.63) is 94.6 Å². The molecule has 0 aliphatic carbocycles. The first kappa shape index (κ1) is 26.4. The molecule has 2 aromatic heterocycles. The third-order valence-electron chi connectivity index (χ3n) is 6.43. The van der Waals surface area contributed by atoms with Crippen molar-refractivity contribution >= 4 is 27.7 Å². The number of ether oxygens (including phenoxy) is 3. The van der Waals surface area contributed by atoms with Crippen LogP contribution in [0, 0.1) is 17.5 Å². The van der Waals surface area contributed by atoms with Gasteiger partial charge in [-0.3, -0.25) is 4.98 Å². The molecule has 2 aliphatic heterocycles. The molecule has 2 aromatic carbocycles. The fourth-order valence-electron chi connectivity index (χ4n) is 4.61. The number of nitrogens with zero attached hydrogens (tertiary/aromatic N) is 4. The second-order valence-electron chi connectivity index (χ2n) is 9.00. The monoisotopic (exact) mass is 620 g/mol. The Morgan fingerprint density at radius 1 is 1.03 bits per heavy atom. The highest BCUT2D eigenvalue weighted by atomic mass is 79.9. The molecule has 0 spiro atoms. The van der Waals surface area contributed by atoms with Gasteiger partial charge in [0.05, 0.1) is 12.8 Å². The van der Waals surface area contributed by atoms with Crippen molar-refractivity contribution in [2.75, 3.05) is 6.61 Å². The van der Waals surface area contributed by atoms with E-state index in [0.717, 1.165) is 27.1 Å². The maximum Gasteiger partial charge on any atom is 0.194 e. The first-order valence-electron chi connectivity index (χ1n) is 11.9. The first-order chi connectivity index (χ1) is 18.9. The molecule has 1 N–H and O–H groups in total. The number of hydrogen-bond acceptors (Lipinski definition) is 8. The summed E-state index contributed by atoms with van der Waals surface area (Å²) in [6.45, 7) is 0.178. The van der Waals surface area contributed by atoms with E-state index in [9.17, 15) is 18.3 Å². The zero-order valence-corrected chi connectivity index (χ0v) is 22.3. The molecular weight excluding hydrogens is 601 g/mol. The van der Waals surface area contributed by atoms with Gasteiger partial charge in [0.1, 0.15) is 35.5 Å². The third-order valence-corrected chi connectivity index (χ3v) is 7.98. The van der Waals surface area contributed by atoms with Crippen LogP contribution in [0.1, 0.15) is 17.9 Å². The van der Waals surface area contributed by atoms with Crippen LogP contribution in [0.5, 0.6) is 0 Å². The molecule has 6 rings (SSSR count). The number of hydrogen-bond donors (Lipinski definition) is 1. The molecule has 6 atom stereocenters. The molecule has 4 aromatic rings. The lowest BCUT2D eigenvalue weighted by molar-refractivity contribution is -0.306. The summed E-state index contributed by atoms with van der Waals surface area (Å²) in [5, 5.41) is 19.8. The number of pyridine rings is 1. The van der Waals surface area contributed by atoms with Crippen LogP contribution in [0.25, 0.3) is 11.3 Å². The van der Waals surface area contributed by atoms with Crippen LogP contribution in [0.2, 0.25) is 0 Å². The standard InChI is InChI=1S/C26H20BrF3N4O4S/c27-15-8-16(10-31-9-15)39-26-23(35)22(24-20(37-26)12-36-25(38-24)13-4-2-1-3-5-13)34-11-19(32-33-34)14-6-17(28)21(30)18(29)7-14/h1-11,20,22-26,35H,12H2/t20-,22-,23-,24+,25?,26-/m1/s1. The normalized spacial score (nSPS) is 26.8. The van der Waals surface area contributed by atoms with Crippen LogP contribution in [-0.4, -0.2) is 55.4 Å². The quantitative estimate of drug-likeness (QED) is 0.310. The predicted octanol–water partition coefficient (Wildman–Crippen LogP) is 5.05. The lowest BCUT2D eigenvalue weighted by atomic mass is 9.96. The Kier molecular flexibility index (Phi) is 7.44. The number of aliphatic hydroxyl groups is 1. The minimum atomic E-state index is -1.57. The minimum absolute atomic E-state index is 0.00283. The number of thioether (sulfide) groups is 1. The minimum Gasteiger partial charge on any atom is -0.387 e. The summed E-state index contributed by atoms with van der Waals surface area (Å²) in [5.41, 5.74) is 0.116. The Hall–Kier alpha value is -2.81. The van der Waals surface area contributed by atoms with Crippen molar-refractivity contribution in [2.45, 2.75) is 41.0 Å². The van der Waals surface area contributed by atoms with Crippen LogP contribution < -0.4 is 0 Å². The zero-order chi connectivity index (χ0) is 27.1. The van der Waals surface area contributed by atoms with Gasteiger partial charge < -0.3 is 19.3 Å². The molecule has 39 heavy (non-hydrogen) atoms. The van der Waals surface area contributed by atoms with Crippen LogP contribution in [0.15, 0.2) is 76.5 Å². The maximum absolute atomic E-state index is 13.9. The van der Waals surface area contributed by atoms with Crippen molar-refractivity contribution in [3.8, 4) is 11.3 Å². The molecular formula is C26H20BrF3N4O4S. The van der Waals surface area contributed by atoms with Gasteiger partial charge in [-0.05, 0) is 34.1 Å². The first-order valence-corrected chi connectivity index (χ1v) is 13.5. The van der Waals surface area contributed by atoms with Gasteiger partial charge in [-0.2, -0.15) is 0 Å². The molecule has 2 aliphatic rings. The molecule has 202 valence electrons. The predicted molar refractivity (Wildman–Crippen MR) is 137 cm³/mol. The van der Waals surface area contributed by atoms with E-state index in [1.54, 1.807) is 12.4 Å².